The predicted molar refractivity (Wildman–Crippen MR) is 107 cm³/mol. The van der Waals surface area contributed by atoms with Crippen LogP contribution >= 0.6 is 11.6 Å². The summed E-state index contributed by atoms with van der Waals surface area (Å²) >= 11 is 6.10. The highest BCUT2D eigenvalue weighted by molar-refractivity contribution is 6.30. The van der Waals surface area contributed by atoms with Crippen LogP contribution in [0, 0.1) is 0 Å². The third-order valence-corrected chi connectivity index (χ3v) is 4.29. The van der Waals surface area contributed by atoms with Gasteiger partial charge in [0, 0.05) is 5.02 Å². The van der Waals surface area contributed by atoms with Crippen LogP contribution in [0.25, 0.3) is 5.69 Å². The summed E-state index contributed by atoms with van der Waals surface area (Å²) in [6, 6.07) is 16.9. The molecular formula is C21H22ClN3O2. The van der Waals surface area contributed by atoms with Gasteiger partial charge in [-0.25, -0.2) is 4.68 Å². The number of benzene rings is 2. The fraction of sp³-hybridized carbons (Fsp3) is 0.238. The van der Waals surface area contributed by atoms with E-state index in [1.807, 2.05) is 68.4 Å². The first kappa shape index (κ1) is 19.0. The van der Waals surface area contributed by atoms with Crippen molar-refractivity contribution in [3.63, 3.8) is 0 Å². The molecule has 0 atom stereocenters. The number of hydrogen-bond donors (Lipinski definition) is 1. The van der Waals surface area contributed by atoms with E-state index in [1.165, 1.54) is 0 Å². The van der Waals surface area contributed by atoms with Crippen molar-refractivity contribution in [2.45, 2.75) is 19.8 Å². The highest BCUT2D eigenvalue weighted by Gasteiger charge is 2.20. The van der Waals surface area contributed by atoms with E-state index in [-0.39, 0.29) is 11.8 Å². The van der Waals surface area contributed by atoms with Crippen molar-refractivity contribution in [1.29, 1.82) is 0 Å². The molecule has 0 aliphatic heterocycles. The summed E-state index contributed by atoms with van der Waals surface area (Å²) in [5, 5.41) is 7.94. The van der Waals surface area contributed by atoms with Gasteiger partial charge >= 0.3 is 0 Å². The Morgan fingerprint density at radius 3 is 2.67 bits per heavy atom. The molecule has 0 fully saturated rings. The Balaban J connectivity index is 1.69. The minimum absolute atomic E-state index is 0.118. The number of para-hydroxylation sites is 1. The summed E-state index contributed by atoms with van der Waals surface area (Å²) in [6.45, 7) is 4.88. The van der Waals surface area contributed by atoms with Crippen LogP contribution in [0.15, 0.2) is 60.8 Å². The van der Waals surface area contributed by atoms with Crippen LogP contribution in [0.3, 0.4) is 0 Å². The highest BCUT2D eigenvalue weighted by atomic mass is 35.5. The van der Waals surface area contributed by atoms with E-state index in [4.69, 9.17) is 16.3 Å². The lowest BCUT2D eigenvalue weighted by Gasteiger charge is -2.13. The van der Waals surface area contributed by atoms with Crippen molar-refractivity contribution in [2.24, 2.45) is 0 Å². The molecule has 2 aromatic carbocycles. The molecule has 0 bridgehead atoms. The van der Waals surface area contributed by atoms with E-state index in [0.29, 0.717) is 23.7 Å². The molecule has 1 heterocycles. The van der Waals surface area contributed by atoms with Crippen LogP contribution in [-0.4, -0.2) is 28.8 Å². The molecule has 0 saturated carbocycles. The normalized spacial score (nSPS) is 10.8. The van der Waals surface area contributed by atoms with Crippen molar-refractivity contribution in [3.8, 4) is 11.4 Å². The lowest BCUT2D eigenvalue weighted by Crippen LogP contribution is -2.29. The summed E-state index contributed by atoms with van der Waals surface area (Å²) in [7, 11) is 0. The second-order valence-corrected chi connectivity index (χ2v) is 6.84. The van der Waals surface area contributed by atoms with Crippen molar-refractivity contribution in [2.75, 3.05) is 13.2 Å². The molecule has 3 rings (SSSR count). The number of halogens is 1. The molecule has 0 aliphatic rings. The molecule has 0 radical (unpaired) electrons. The number of hydrogen-bond acceptors (Lipinski definition) is 3. The lowest BCUT2D eigenvalue weighted by molar-refractivity contribution is 0.0945. The Morgan fingerprint density at radius 1 is 1.19 bits per heavy atom. The van der Waals surface area contributed by atoms with Crippen molar-refractivity contribution >= 4 is 17.5 Å². The maximum absolute atomic E-state index is 12.6. The van der Waals surface area contributed by atoms with Crippen molar-refractivity contribution in [1.82, 2.24) is 15.1 Å². The van der Waals surface area contributed by atoms with E-state index in [2.05, 4.69) is 10.4 Å². The summed E-state index contributed by atoms with van der Waals surface area (Å²) < 4.78 is 7.38. The smallest absolute Gasteiger partial charge is 0.254 e. The fourth-order valence-electron chi connectivity index (χ4n) is 2.85. The topological polar surface area (TPSA) is 56.1 Å². The van der Waals surface area contributed by atoms with E-state index in [9.17, 15) is 4.79 Å². The third-order valence-electron chi connectivity index (χ3n) is 4.05. The van der Waals surface area contributed by atoms with Gasteiger partial charge in [0.25, 0.3) is 5.91 Å². The Hall–Kier alpha value is -2.79. The number of carbonyl (C=O) groups excluding carboxylic acids is 1. The quantitative estimate of drug-likeness (QED) is 0.613. The van der Waals surface area contributed by atoms with Crippen LogP contribution < -0.4 is 10.1 Å². The third kappa shape index (κ3) is 4.68. The second kappa shape index (κ2) is 8.73. The number of amides is 1. The SMILES string of the molecule is CC(C)c1c(C(=O)NCCOc2ccccc2)cnn1-c1cccc(Cl)c1. The number of nitrogens with one attached hydrogen (secondary N) is 1. The van der Waals surface area contributed by atoms with Gasteiger partial charge in [0.15, 0.2) is 0 Å². The second-order valence-electron chi connectivity index (χ2n) is 6.41. The van der Waals surface area contributed by atoms with Gasteiger partial charge in [0.2, 0.25) is 0 Å². The van der Waals surface area contributed by atoms with Gasteiger partial charge in [-0.05, 0) is 36.2 Å². The predicted octanol–water partition coefficient (Wildman–Crippen LogP) is 4.46. The molecule has 5 nitrogen and oxygen atoms in total. The van der Waals surface area contributed by atoms with Crippen LogP contribution in [-0.2, 0) is 0 Å². The highest BCUT2D eigenvalue weighted by Crippen LogP contribution is 2.24. The van der Waals surface area contributed by atoms with E-state index >= 15 is 0 Å². The van der Waals surface area contributed by atoms with Gasteiger partial charge < -0.3 is 10.1 Å². The molecule has 0 spiro atoms. The zero-order valence-corrected chi connectivity index (χ0v) is 16.1. The number of ether oxygens (including phenoxy) is 1. The molecule has 3 aromatic rings. The number of carbonyl (C=O) groups is 1. The first-order valence-corrected chi connectivity index (χ1v) is 9.24. The standard InChI is InChI=1S/C21H22ClN3O2/c1-15(2)20-19(14-24-25(20)17-8-6-7-16(22)13-17)21(26)23-11-12-27-18-9-4-3-5-10-18/h3-10,13-15H,11-12H2,1-2H3,(H,23,26). The molecule has 1 N–H and O–H groups in total. The number of nitrogens with zero attached hydrogens (tertiary/aromatic N) is 2. The number of aromatic nitrogens is 2. The minimum Gasteiger partial charge on any atom is -0.492 e. The molecule has 140 valence electrons. The fourth-order valence-corrected chi connectivity index (χ4v) is 3.03. The van der Waals surface area contributed by atoms with Gasteiger partial charge in [-0.2, -0.15) is 5.10 Å². The molecular weight excluding hydrogens is 362 g/mol. The first-order valence-electron chi connectivity index (χ1n) is 8.86. The molecule has 1 aromatic heterocycles. The van der Waals surface area contributed by atoms with Crippen molar-refractivity contribution in [3.05, 3.63) is 77.1 Å². The van der Waals surface area contributed by atoms with Gasteiger partial charge in [-0.1, -0.05) is 49.7 Å². The Bertz CT molecular complexity index is 907. The molecule has 6 heteroatoms. The van der Waals surface area contributed by atoms with E-state index in [1.54, 1.807) is 10.9 Å². The van der Waals surface area contributed by atoms with Gasteiger partial charge in [0.1, 0.15) is 12.4 Å². The Kier molecular flexibility index (Phi) is 6.14. The number of rotatable bonds is 7. The molecule has 0 saturated heterocycles. The summed E-state index contributed by atoms with van der Waals surface area (Å²) in [4.78, 5) is 12.6. The van der Waals surface area contributed by atoms with E-state index < -0.39 is 0 Å². The summed E-state index contributed by atoms with van der Waals surface area (Å²) in [5.41, 5.74) is 2.24. The average molecular weight is 384 g/mol. The largest absolute Gasteiger partial charge is 0.492 e. The molecule has 1 amide bonds. The molecule has 0 unspecified atom stereocenters. The molecule has 27 heavy (non-hydrogen) atoms. The molecule has 0 aliphatic carbocycles. The van der Waals surface area contributed by atoms with Crippen LogP contribution in [0.2, 0.25) is 5.02 Å². The van der Waals surface area contributed by atoms with E-state index in [0.717, 1.165) is 17.1 Å². The van der Waals surface area contributed by atoms with Crippen LogP contribution in [0.4, 0.5) is 0 Å². The van der Waals surface area contributed by atoms with Gasteiger partial charge in [-0.3, -0.25) is 4.79 Å². The monoisotopic (exact) mass is 383 g/mol. The Labute approximate surface area is 163 Å². The van der Waals surface area contributed by atoms with Gasteiger partial charge in [-0.15, -0.1) is 0 Å². The lowest BCUT2D eigenvalue weighted by atomic mass is 10.1. The summed E-state index contributed by atoms with van der Waals surface area (Å²) in [6.07, 6.45) is 1.60. The zero-order valence-electron chi connectivity index (χ0n) is 15.4. The van der Waals surface area contributed by atoms with Gasteiger partial charge in [0.05, 0.1) is 29.7 Å². The Morgan fingerprint density at radius 2 is 1.96 bits per heavy atom. The van der Waals surface area contributed by atoms with Crippen molar-refractivity contribution < 1.29 is 9.53 Å². The maximum Gasteiger partial charge on any atom is 0.254 e. The van der Waals surface area contributed by atoms with Crippen LogP contribution in [0.1, 0.15) is 35.8 Å². The summed E-state index contributed by atoms with van der Waals surface area (Å²) in [5.74, 6) is 0.736. The minimum atomic E-state index is -0.163. The zero-order chi connectivity index (χ0) is 19.2. The van der Waals surface area contributed by atoms with Crippen LogP contribution in [0.5, 0.6) is 5.75 Å². The maximum atomic E-state index is 12.6. The first-order chi connectivity index (χ1) is 13.1. The average Bonchev–Trinajstić information content (AvgIpc) is 3.11.